The second-order valence-electron chi connectivity index (χ2n) is 6.21. The maximum absolute atomic E-state index is 12.5. The number of carboxylic acids is 1. The molecule has 3 atom stereocenters. The number of guanidine groups is 1. The molecule has 1 rings (SSSR count). The zero-order valence-corrected chi connectivity index (χ0v) is 16.2. The Morgan fingerprint density at radius 1 is 1.28 bits per heavy atom. The summed E-state index contributed by atoms with van der Waals surface area (Å²) >= 11 is 0. The molecule has 1 heterocycles. The van der Waals surface area contributed by atoms with Crippen molar-refractivity contribution in [1.29, 1.82) is 0 Å². The number of aliphatic imine (C=N–C) groups is 1. The monoisotopic (exact) mass is 439 g/mol. The van der Waals surface area contributed by atoms with Gasteiger partial charge in [0.2, 0.25) is 5.91 Å². The maximum atomic E-state index is 12.5. The van der Waals surface area contributed by atoms with Crippen LogP contribution >= 0.6 is 0 Å². The fourth-order valence-corrected chi connectivity index (χ4v) is 3.01. The highest BCUT2D eigenvalue weighted by Gasteiger charge is 2.35. The van der Waals surface area contributed by atoms with Gasteiger partial charge < -0.3 is 32.9 Å². The van der Waals surface area contributed by atoms with Crippen molar-refractivity contribution in [3.8, 4) is 0 Å². The zero-order chi connectivity index (χ0) is 22.2. The predicted molar refractivity (Wildman–Crippen MR) is 98.3 cm³/mol. The summed E-state index contributed by atoms with van der Waals surface area (Å²) in [7, 11) is -5.08. The van der Waals surface area contributed by atoms with E-state index in [4.69, 9.17) is 21.8 Å². The van der Waals surface area contributed by atoms with Crippen molar-refractivity contribution >= 4 is 34.3 Å². The molecule has 3 amide bonds. The van der Waals surface area contributed by atoms with Crippen LogP contribution < -0.4 is 27.8 Å². The number of nitrogens with one attached hydrogen (secondary N) is 2. The molecule has 15 nitrogen and oxygen atoms in total. The molecule has 0 spiro atoms. The Hall–Kier alpha value is -2.69. The molecule has 0 saturated carbocycles. The van der Waals surface area contributed by atoms with Gasteiger partial charge in [0.05, 0.1) is 12.1 Å². The van der Waals surface area contributed by atoms with Crippen LogP contribution in [0.15, 0.2) is 4.99 Å². The van der Waals surface area contributed by atoms with Gasteiger partial charge >= 0.3 is 22.4 Å². The van der Waals surface area contributed by atoms with E-state index in [0.717, 1.165) is 0 Å². The number of nitrogens with zero attached hydrogens (tertiary/aromatic N) is 2. The first-order chi connectivity index (χ1) is 13.4. The molecule has 0 bridgehead atoms. The van der Waals surface area contributed by atoms with Gasteiger partial charge in [-0.25, -0.2) is 9.59 Å². The molecular formula is C13H25N7O8S. The fraction of sp³-hybridized carbons (Fsp3) is 0.692. The van der Waals surface area contributed by atoms with E-state index in [0.29, 0.717) is 5.06 Å². The highest BCUT2D eigenvalue weighted by molar-refractivity contribution is 7.80. The van der Waals surface area contributed by atoms with Gasteiger partial charge in [0.1, 0.15) is 6.04 Å². The maximum Gasteiger partial charge on any atom is 0.418 e. The van der Waals surface area contributed by atoms with Crippen molar-refractivity contribution in [2.24, 2.45) is 22.2 Å². The SMILES string of the molecule is NC(=O)C1CCC(N(OS(=O)(=O)O)C(=O)NC(CCCN=C(N)N)C(=O)O)CN1. The average Bonchev–Trinajstić information content (AvgIpc) is 2.61. The Balaban J connectivity index is 2.83. The van der Waals surface area contributed by atoms with Crippen LogP contribution in [0.4, 0.5) is 4.79 Å². The zero-order valence-electron chi connectivity index (χ0n) is 15.4. The molecule has 0 aliphatic carbocycles. The first-order valence-corrected chi connectivity index (χ1v) is 9.85. The molecule has 0 aromatic rings. The molecule has 3 unspecified atom stereocenters. The second kappa shape index (κ2) is 10.7. The summed E-state index contributed by atoms with van der Waals surface area (Å²) < 4.78 is 35.5. The number of amides is 3. The van der Waals surface area contributed by atoms with E-state index >= 15 is 0 Å². The molecule has 1 saturated heterocycles. The lowest BCUT2D eigenvalue weighted by Gasteiger charge is -2.34. The van der Waals surface area contributed by atoms with E-state index in [9.17, 15) is 27.9 Å². The molecule has 1 aliphatic heterocycles. The van der Waals surface area contributed by atoms with E-state index in [2.05, 4.69) is 19.9 Å². The van der Waals surface area contributed by atoms with E-state index < -0.39 is 46.4 Å². The van der Waals surface area contributed by atoms with Crippen LogP contribution in [0.5, 0.6) is 0 Å². The normalized spacial score (nSPS) is 20.3. The van der Waals surface area contributed by atoms with Crippen molar-refractivity contribution in [1.82, 2.24) is 15.7 Å². The lowest BCUT2D eigenvalue weighted by atomic mass is 10.0. The highest BCUT2D eigenvalue weighted by Crippen LogP contribution is 2.16. The number of carboxylic acid groups (broad SMARTS) is 1. The van der Waals surface area contributed by atoms with Crippen LogP contribution in [0.25, 0.3) is 0 Å². The fourth-order valence-electron chi connectivity index (χ4n) is 2.62. The van der Waals surface area contributed by atoms with Crippen LogP contribution in [0.1, 0.15) is 25.7 Å². The number of piperidine rings is 1. The standard InChI is InChI=1S/C13H25N7O8S/c14-10(21)8-4-3-7(6-18-8)20(28-29(25,26)27)13(24)19-9(11(22)23)2-1-5-17-12(15)16/h7-9,18H,1-6H2,(H2,14,21)(H,19,24)(H,22,23)(H4,15,16,17)(H,25,26,27). The van der Waals surface area contributed by atoms with Gasteiger partial charge in [-0.05, 0) is 25.7 Å². The summed E-state index contributed by atoms with van der Waals surface area (Å²) in [5, 5.41) is 14.4. The van der Waals surface area contributed by atoms with Crippen molar-refractivity contribution in [3.05, 3.63) is 0 Å². The molecule has 16 heteroatoms. The molecule has 1 aliphatic rings. The number of rotatable bonds is 10. The quantitative estimate of drug-likeness (QED) is 0.0587. The van der Waals surface area contributed by atoms with Crippen LogP contribution in [-0.2, 0) is 24.3 Å². The number of aliphatic carboxylic acids is 1. The summed E-state index contributed by atoms with van der Waals surface area (Å²) in [4.78, 5) is 38.7. The van der Waals surface area contributed by atoms with Gasteiger partial charge in [0, 0.05) is 13.1 Å². The van der Waals surface area contributed by atoms with Gasteiger partial charge in [-0.2, -0.15) is 13.5 Å². The minimum atomic E-state index is -5.08. The molecule has 0 aromatic carbocycles. The second-order valence-corrected chi connectivity index (χ2v) is 7.22. The largest absolute Gasteiger partial charge is 0.480 e. The van der Waals surface area contributed by atoms with Crippen molar-refractivity contribution in [3.63, 3.8) is 0 Å². The molecule has 1 fully saturated rings. The third-order valence-corrected chi connectivity index (χ3v) is 4.33. The van der Waals surface area contributed by atoms with Gasteiger partial charge in [0.15, 0.2) is 5.96 Å². The molecule has 10 N–H and O–H groups in total. The topological polar surface area (TPSA) is 253 Å². The van der Waals surface area contributed by atoms with E-state index in [1.165, 1.54) is 0 Å². The predicted octanol–water partition coefficient (Wildman–Crippen LogP) is -3.15. The molecule has 166 valence electrons. The number of nitrogens with two attached hydrogens (primary N) is 3. The minimum Gasteiger partial charge on any atom is -0.480 e. The average molecular weight is 439 g/mol. The Kier molecular flexibility index (Phi) is 9.02. The summed E-state index contributed by atoms with van der Waals surface area (Å²) in [5.74, 6) is -2.18. The smallest absolute Gasteiger partial charge is 0.418 e. The number of carbonyl (C=O) groups excluding carboxylic acids is 2. The Morgan fingerprint density at radius 2 is 1.93 bits per heavy atom. The summed E-state index contributed by atoms with van der Waals surface area (Å²) in [5.41, 5.74) is 15.5. The summed E-state index contributed by atoms with van der Waals surface area (Å²) in [6.45, 7) is 0.0348. The first kappa shape index (κ1) is 24.3. The number of primary amides is 1. The van der Waals surface area contributed by atoms with Crippen LogP contribution in [0.2, 0.25) is 0 Å². The minimum absolute atomic E-state index is 0.0652. The van der Waals surface area contributed by atoms with E-state index in [-0.39, 0.29) is 44.7 Å². The number of hydroxylamine groups is 2. The molecule has 29 heavy (non-hydrogen) atoms. The van der Waals surface area contributed by atoms with Crippen LogP contribution in [-0.4, -0.2) is 78.2 Å². The van der Waals surface area contributed by atoms with Crippen molar-refractivity contribution in [2.75, 3.05) is 13.1 Å². The van der Waals surface area contributed by atoms with Crippen LogP contribution in [0.3, 0.4) is 0 Å². The lowest BCUT2D eigenvalue weighted by Crippen LogP contribution is -2.58. The summed E-state index contributed by atoms with van der Waals surface area (Å²) in [6.07, 6.45) is 0.412. The van der Waals surface area contributed by atoms with Crippen LogP contribution in [0, 0.1) is 0 Å². The summed E-state index contributed by atoms with van der Waals surface area (Å²) in [6, 6.07) is -4.21. The molecule has 0 radical (unpaired) electrons. The van der Waals surface area contributed by atoms with Gasteiger partial charge in [-0.1, -0.05) is 0 Å². The van der Waals surface area contributed by atoms with Gasteiger partial charge in [0.25, 0.3) is 0 Å². The Morgan fingerprint density at radius 3 is 2.38 bits per heavy atom. The number of hydrogen-bond donors (Lipinski definition) is 7. The highest BCUT2D eigenvalue weighted by atomic mass is 32.3. The van der Waals surface area contributed by atoms with Gasteiger partial charge in [-0.15, -0.1) is 4.28 Å². The van der Waals surface area contributed by atoms with Crippen molar-refractivity contribution in [2.45, 2.75) is 43.8 Å². The number of carbonyl (C=O) groups is 3. The van der Waals surface area contributed by atoms with Crippen molar-refractivity contribution < 1.29 is 36.7 Å². The Labute approximate surface area is 166 Å². The number of hydrogen-bond acceptors (Lipinski definition) is 8. The first-order valence-electron chi connectivity index (χ1n) is 8.48. The van der Waals surface area contributed by atoms with Gasteiger partial charge in [-0.3, -0.25) is 14.3 Å². The number of urea groups is 1. The van der Waals surface area contributed by atoms with E-state index in [1.807, 2.05) is 0 Å². The van der Waals surface area contributed by atoms with E-state index in [1.54, 1.807) is 0 Å². The lowest BCUT2D eigenvalue weighted by molar-refractivity contribution is -0.139. The third kappa shape index (κ3) is 8.90. The molecule has 0 aromatic heterocycles. The Bertz CT molecular complexity index is 731. The third-order valence-electron chi connectivity index (χ3n) is 3.98. The molecular weight excluding hydrogens is 414 g/mol.